The fraction of sp³-hybridized carbons (Fsp3) is 0.368. The van der Waals surface area contributed by atoms with E-state index in [1.165, 1.54) is 18.4 Å². The Kier molecular flexibility index (Phi) is 4.17. The van der Waals surface area contributed by atoms with E-state index in [-0.39, 0.29) is 0 Å². The Balaban J connectivity index is 1.43. The summed E-state index contributed by atoms with van der Waals surface area (Å²) in [6.45, 7) is 4.97. The molecule has 1 saturated heterocycles. The van der Waals surface area contributed by atoms with Crippen molar-refractivity contribution < 1.29 is 4.42 Å². The summed E-state index contributed by atoms with van der Waals surface area (Å²) in [7, 11) is 0. The molecule has 0 unspecified atom stereocenters. The summed E-state index contributed by atoms with van der Waals surface area (Å²) in [5.74, 6) is 0.698. The maximum Gasteiger partial charge on any atom is 0.226 e. The molecule has 1 fully saturated rings. The minimum absolute atomic E-state index is 0.515. The molecule has 1 aliphatic heterocycles. The molecule has 1 atom stereocenters. The lowest BCUT2D eigenvalue weighted by atomic mass is 10.2. The molecule has 5 heteroatoms. The Labute approximate surface area is 141 Å². The highest BCUT2D eigenvalue weighted by Crippen LogP contribution is 2.23. The lowest BCUT2D eigenvalue weighted by Gasteiger charge is -2.23. The average molecular weight is 322 g/mol. The number of aromatic nitrogens is 3. The van der Waals surface area contributed by atoms with Gasteiger partial charge in [0.2, 0.25) is 5.89 Å². The van der Waals surface area contributed by atoms with E-state index in [1.54, 1.807) is 6.26 Å². The number of aryl methyl sites for hydroxylation is 1. The van der Waals surface area contributed by atoms with Crippen molar-refractivity contribution in [1.29, 1.82) is 0 Å². The molecular formula is C19H22N4O. The van der Waals surface area contributed by atoms with Crippen LogP contribution in [0, 0.1) is 6.92 Å². The molecule has 0 bridgehead atoms. The van der Waals surface area contributed by atoms with Gasteiger partial charge in [-0.3, -0.25) is 9.58 Å². The molecule has 1 aromatic carbocycles. The van der Waals surface area contributed by atoms with Gasteiger partial charge in [-0.2, -0.15) is 5.10 Å². The summed E-state index contributed by atoms with van der Waals surface area (Å²) in [5, 5.41) is 4.42. The first-order valence-corrected chi connectivity index (χ1v) is 8.51. The van der Waals surface area contributed by atoms with Crippen molar-refractivity contribution in [3.8, 4) is 11.5 Å². The van der Waals surface area contributed by atoms with Crippen LogP contribution in [0.1, 0.15) is 24.1 Å². The molecule has 0 radical (unpaired) electrons. The van der Waals surface area contributed by atoms with Crippen LogP contribution in [-0.4, -0.2) is 32.3 Å². The largest absolute Gasteiger partial charge is 0.444 e. The fourth-order valence-corrected chi connectivity index (χ4v) is 3.39. The number of nitrogens with zero attached hydrogens (tertiary/aromatic N) is 4. The summed E-state index contributed by atoms with van der Waals surface area (Å²) in [6.07, 6.45) is 8.26. The van der Waals surface area contributed by atoms with Crippen molar-refractivity contribution in [2.24, 2.45) is 0 Å². The summed E-state index contributed by atoms with van der Waals surface area (Å²) in [5.41, 5.74) is 3.23. The van der Waals surface area contributed by atoms with Crippen LogP contribution in [0.3, 0.4) is 0 Å². The molecule has 0 N–H and O–H groups in total. The van der Waals surface area contributed by atoms with Crippen molar-refractivity contribution in [2.75, 3.05) is 6.54 Å². The molecule has 0 amide bonds. The van der Waals surface area contributed by atoms with E-state index in [0.29, 0.717) is 11.9 Å². The van der Waals surface area contributed by atoms with Crippen LogP contribution < -0.4 is 0 Å². The predicted molar refractivity (Wildman–Crippen MR) is 92.3 cm³/mol. The second kappa shape index (κ2) is 6.61. The Hall–Kier alpha value is -2.40. The Morgan fingerprint density at radius 1 is 1.25 bits per heavy atom. The van der Waals surface area contributed by atoms with Gasteiger partial charge in [-0.25, -0.2) is 4.98 Å². The van der Waals surface area contributed by atoms with Gasteiger partial charge in [-0.05, 0) is 44.0 Å². The third-order valence-electron chi connectivity index (χ3n) is 4.60. The zero-order valence-corrected chi connectivity index (χ0v) is 13.9. The van der Waals surface area contributed by atoms with Crippen LogP contribution in [0.4, 0.5) is 0 Å². The predicted octanol–water partition coefficient (Wildman–Crippen LogP) is 3.51. The number of likely N-dealkylation sites (tertiary alicyclic amines) is 1. The first kappa shape index (κ1) is 15.1. The van der Waals surface area contributed by atoms with Crippen LogP contribution in [0.25, 0.3) is 11.5 Å². The normalized spacial score (nSPS) is 18.3. The van der Waals surface area contributed by atoms with Crippen molar-refractivity contribution in [1.82, 2.24) is 19.7 Å². The fourth-order valence-electron chi connectivity index (χ4n) is 3.39. The van der Waals surface area contributed by atoms with E-state index in [1.807, 2.05) is 36.5 Å². The molecule has 3 aromatic rings. The summed E-state index contributed by atoms with van der Waals surface area (Å²) in [4.78, 5) is 7.15. The Morgan fingerprint density at radius 2 is 2.12 bits per heavy atom. The van der Waals surface area contributed by atoms with Gasteiger partial charge in [-0.1, -0.05) is 18.2 Å². The van der Waals surface area contributed by atoms with E-state index < -0.39 is 0 Å². The molecule has 0 spiro atoms. The van der Waals surface area contributed by atoms with Crippen LogP contribution in [-0.2, 0) is 13.1 Å². The maximum absolute atomic E-state index is 5.66. The summed E-state index contributed by atoms with van der Waals surface area (Å²) >= 11 is 0. The SMILES string of the molecule is Cc1cnn(C[C@@H]2CCCN2Cc2coc(-c3ccccc3)n2)c1. The molecule has 2 aromatic heterocycles. The van der Waals surface area contributed by atoms with Gasteiger partial charge < -0.3 is 4.42 Å². The smallest absolute Gasteiger partial charge is 0.226 e. The van der Waals surface area contributed by atoms with Crippen LogP contribution in [0.15, 0.2) is 53.4 Å². The molecule has 24 heavy (non-hydrogen) atoms. The highest BCUT2D eigenvalue weighted by atomic mass is 16.3. The van der Waals surface area contributed by atoms with E-state index in [4.69, 9.17) is 4.42 Å². The molecule has 1 aliphatic rings. The van der Waals surface area contributed by atoms with Crippen LogP contribution in [0.5, 0.6) is 0 Å². The number of hydrogen-bond acceptors (Lipinski definition) is 4. The van der Waals surface area contributed by atoms with Gasteiger partial charge in [0.05, 0.1) is 18.4 Å². The van der Waals surface area contributed by atoms with E-state index in [0.717, 1.165) is 30.9 Å². The highest BCUT2D eigenvalue weighted by Gasteiger charge is 2.26. The van der Waals surface area contributed by atoms with E-state index in [2.05, 4.69) is 32.8 Å². The van der Waals surface area contributed by atoms with Gasteiger partial charge in [0.15, 0.2) is 0 Å². The summed E-state index contributed by atoms with van der Waals surface area (Å²) in [6, 6.07) is 10.6. The monoisotopic (exact) mass is 322 g/mol. The zero-order valence-electron chi connectivity index (χ0n) is 13.9. The third-order valence-corrected chi connectivity index (χ3v) is 4.60. The first-order chi connectivity index (χ1) is 11.8. The number of benzene rings is 1. The molecule has 0 saturated carbocycles. The van der Waals surface area contributed by atoms with E-state index >= 15 is 0 Å². The van der Waals surface area contributed by atoms with Gasteiger partial charge in [0.25, 0.3) is 0 Å². The minimum atomic E-state index is 0.515. The van der Waals surface area contributed by atoms with Crippen molar-refractivity contribution in [2.45, 2.75) is 38.9 Å². The van der Waals surface area contributed by atoms with Crippen LogP contribution in [0.2, 0.25) is 0 Å². The lowest BCUT2D eigenvalue weighted by Crippen LogP contribution is -2.32. The second-order valence-electron chi connectivity index (χ2n) is 6.52. The van der Waals surface area contributed by atoms with E-state index in [9.17, 15) is 0 Å². The number of rotatable bonds is 5. The summed E-state index contributed by atoms with van der Waals surface area (Å²) < 4.78 is 7.71. The molecule has 4 rings (SSSR count). The molecule has 124 valence electrons. The lowest BCUT2D eigenvalue weighted by molar-refractivity contribution is 0.216. The molecule has 0 aliphatic carbocycles. The average Bonchev–Trinajstić information content (AvgIpc) is 3.32. The van der Waals surface area contributed by atoms with Crippen molar-refractivity contribution in [3.63, 3.8) is 0 Å². The van der Waals surface area contributed by atoms with Gasteiger partial charge in [-0.15, -0.1) is 0 Å². The molecular weight excluding hydrogens is 300 g/mol. The first-order valence-electron chi connectivity index (χ1n) is 8.51. The highest BCUT2D eigenvalue weighted by molar-refractivity contribution is 5.52. The standard InChI is InChI=1S/C19H22N4O/c1-15-10-20-23(11-15)13-18-8-5-9-22(18)12-17-14-24-19(21-17)16-6-3-2-4-7-16/h2-4,6-7,10-11,14,18H,5,8-9,12-13H2,1H3/t18-/m0/s1. The number of hydrogen-bond donors (Lipinski definition) is 0. The topological polar surface area (TPSA) is 47.1 Å². The quantitative estimate of drug-likeness (QED) is 0.721. The Bertz CT molecular complexity index is 793. The zero-order chi connectivity index (χ0) is 16.4. The Morgan fingerprint density at radius 3 is 2.92 bits per heavy atom. The number of oxazole rings is 1. The van der Waals surface area contributed by atoms with Gasteiger partial charge in [0.1, 0.15) is 6.26 Å². The minimum Gasteiger partial charge on any atom is -0.444 e. The molecule has 5 nitrogen and oxygen atoms in total. The molecule has 3 heterocycles. The van der Waals surface area contributed by atoms with Crippen molar-refractivity contribution >= 4 is 0 Å². The second-order valence-corrected chi connectivity index (χ2v) is 6.52. The third kappa shape index (κ3) is 3.26. The van der Waals surface area contributed by atoms with Crippen molar-refractivity contribution in [3.05, 3.63) is 60.2 Å². The maximum atomic E-state index is 5.66. The van der Waals surface area contributed by atoms with Crippen LogP contribution >= 0.6 is 0 Å². The van der Waals surface area contributed by atoms with Gasteiger partial charge >= 0.3 is 0 Å². The van der Waals surface area contributed by atoms with Gasteiger partial charge in [0, 0.05) is 24.3 Å².